The fourth-order valence-electron chi connectivity index (χ4n) is 3.09. The van der Waals surface area contributed by atoms with Gasteiger partial charge in [-0.1, -0.05) is 13.0 Å². The Bertz CT molecular complexity index is 876. The van der Waals surface area contributed by atoms with Gasteiger partial charge in [-0.3, -0.25) is 19.2 Å². The highest BCUT2D eigenvalue weighted by Gasteiger charge is 2.32. The first-order chi connectivity index (χ1) is 12.2. The van der Waals surface area contributed by atoms with Gasteiger partial charge in [0.05, 0.1) is 18.9 Å². The molecule has 0 amide bonds. The molecule has 8 heteroatoms. The molecule has 0 bridgehead atoms. The summed E-state index contributed by atoms with van der Waals surface area (Å²) >= 11 is 0. The molecule has 2 aromatic rings. The molecule has 1 aliphatic heterocycles. The van der Waals surface area contributed by atoms with E-state index < -0.39 is 11.7 Å². The summed E-state index contributed by atoms with van der Waals surface area (Å²) in [6.45, 7) is 6.96. The van der Waals surface area contributed by atoms with Crippen molar-refractivity contribution in [2.75, 3.05) is 18.1 Å². The van der Waals surface area contributed by atoms with Crippen LogP contribution in [-0.4, -0.2) is 27.7 Å². The van der Waals surface area contributed by atoms with E-state index in [9.17, 15) is 18.0 Å². The number of aromatic nitrogens is 2. The van der Waals surface area contributed by atoms with Crippen LogP contribution in [0, 0.1) is 13.8 Å². The quantitative estimate of drug-likeness (QED) is 0.831. The average molecular weight is 366 g/mol. The lowest BCUT2D eigenvalue weighted by molar-refractivity contribution is -0.137. The van der Waals surface area contributed by atoms with Crippen molar-refractivity contribution in [1.82, 2.24) is 14.5 Å². The minimum Gasteiger partial charge on any atom is -0.298 e. The number of fused-ring (bicyclic) bond motifs is 1. The fraction of sp³-hybridized carbons (Fsp3) is 0.444. The number of nitrogens with zero attached hydrogens (tertiary/aromatic N) is 4. The van der Waals surface area contributed by atoms with E-state index in [-0.39, 0.29) is 5.56 Å². The molecule has 1 aromatic carbocycles. The van der Waals surface area contributed by atoms with Gasteiger partial charge in [-0.05, 0) is 38.5 Å². The van der Waals surface area contributed by atoms with Gasteiger partial charge in [0.15, 0.2) is 0 Å². The molecule has 140 valence electrons. The zero-order chi connectivity index (χ0) is 19.1. The molecule has 1 aliphatic rings. The van der Waals surface area contributed by atoms with E-state index in [1.54, 1.807) is 24.8 Å². The van der Waals surface area contributed by atoms with Gasteiger partial charge in [0.25, 0.3) is 5.56 Å². The monoisotopic (exact) mass is 366 g/mol. The molecule has 26 heavy (non-hydrogen) atoms. The second-order valence-corrected chi connectivity index (χ2v) is 6.51. The second-order valence-electron chi connectivity index (χ2n) is 6.51. The first-order valence-electron chi connectivity index (χ1n) is 8.47. The Morgan fingerprint density at radius 2 is 1.92 bits per heavy atom. The van der Waals surface area contributed by atoms with E-state index >= 15 is 0 Å². The lowest BCUT2D eigenvalue weighted by Gasteiger charge is -2.38. The second kappa shape index (κ2) is 6.75. The van der Waals surface area contributed by atoms with Crippen LogP contribution in [0.2, 0.25) is 0 Å². The van der Waals surface area contributed by atoms with Crippen molar-refractivity contribution in [1.29, 1.82) is 0 Å². The largest absolute Gasteiger partial charge is 0.416 e. The summed E-state index contributed by atoms with van der Waals surface area (Å²) in [5.41, 5.74) is 0.619. The molecule has 0 fully saturated rings. The maximum absolute atomic E-state index is 13.1. The Balaban J connectivity index is 2.14. The number of rotatable bonds is 3. The van der Waals surface area contributed by atoms with Crippen molar-refractivity contribution >= 4 is 11.6 Å². The lowest BCUT2D eigenvalue weighted by atomic mass is 10.2. The summed E-state index contributed by atoms with van der Waals surface area (Å²) in [5.74, 6) is 0.379. The Labute approximate surface area is 149 Å². The molecule has 2 heterocycles. The number of alkyl halides is 3. The number of benzene rings is 1. The van der Waals surface area contributed by atoms with Gasteiger partial charge in [0.2, 0.25) is 5.95 Å². The van der Waals surface area contributed by atoms with E-state index in [4.69, 9.17) is 0 Å². The van der Waals surface area contributed by atoms with Crippen molar-refractivity contribution in [3.63, 3.8) is 0 Å². The Morgan fingerprint density at radius 1 is 1.19 bits per heavy atom. The highest BCUT2D eigenvalue weighted by molar-refractivity contribution is 5.59. The van der Waals surface area contributed by atoms with Crippen molar-refractivity contribution < 1.29 is 13.2 Å². The van der Waals surface area contributed by atoms with Gasteiger partial charge >= 0.3 is 6.18 Å². The standard InChI is InChI=1S/C18H21F3N4O/c1-4-8-23-10-24(15-7-5-6-14(9-15)18(19,20)21)17-22-13(3)12(2)16(26)25(17)11-23/h5-7,9H,4,8,10-11H2,1-3H3. The molecule has 5 nitrogen and oxygen atoms in total. The predicted molar refractivity (Wildman–Crippen MR) is 93.4 cm³/mol. The summed E-state index contributed by atoms with van der Waals surface area (Å²) < 4.78 is 40.9. The average Bonchev–Trinajstić information content (AvgIpc) is 2.59. The Kier molecular flexibility index (Phi) is 4.79. The molecule has 0 saturated heterocycles. The van der Waals surface area contributed by atoms with Crippen LogP contribution in [0.1, 0.15) is 30.2 Å². The van der Waals surface area contributed by atoms with Crippen LogP contribution in [-0.2, 0) is 12.8 Å². The van der Waals surface area contributed by atoms with Crippen LogP contribution in [0.4, 0.5) is 24.8 Å². The van der Waals surface area contributed by atoms with E-state index in [1.165, 1.54) is 10.6 Å². The highest BCUT2D eigenvalue weighted by atomic mass is 19.4. The first-order valence-corrected chi connectivity index (χ1v) is 8.47. The highest BCUT2D eigenvalue weighted by Crippen LogP contribution is 2.34. The predicted octanol–water partition coefficient (Wildman–Crippen LogP) is 3.66. The van der Waals surface area contributed by atoms with Gasteiger partial charge in [-0.2, -0.15) is 13.2 Å². The van der Waals surface area contributed by atoms with Gasteiger partial charge in [0.1, 0.15) is 0 Å². The summed E-state index contributed by atoms with van der Waals surface area (Å²) in [4.78, 5) is 20.9. The van der Waals surface area contributed by atoms with Crippen LogP contribution in [0.5, 0.6) is 0 Å². The topological polar surface area (TPSA) is 41.4 Å². The van der Waals surface area contributed by atoms with Crippen LogP contribution >= 0.6 is 0 Å². The zero-order valence-electron chi connectivity index (χ0n) is 15.0. The molecule has 0 N–H and O–H groups in total. The molecule has 0 unspecified atom stereocenters. The number of halogens is 3. The number of hydrogen-bond donors (Lipinski definition) is 0. The minimum atomic E-state index is -4.43. The molecular weight excluding hydrogens is 345 g/mol. The molecule has 0 atom stereocenters. The number of aryl methyl sites for hydroxylation is 1. The Hall–Kier alpha value is -2.35. The Morgan fingerprint density at radius 3 is 2.58 bits per heavy atom. The van der Waals surface area contributed by atoms with Gasteiger partial charge in [-0.15, -0.1) is 0 Å². The van der Waals surface area contributed by atoms with Crippen LogP contribution in [0.15, 0.2) is 29.1 Å². The molecular formula is C18H21F3N4O. The van der Waals surface area contributed by atoms with E-state index in [2.05, 4.69) is 4.98 Å². The van der Waals surface area contributed by atoms with Crippen molar-refractivity contribution in [3.05, 3.63) is 51.4 Å². The van der Waals surface area contributed by atoms with Crippen LogP contribution < -0.4 is 10.5 Å². The molecule has 1 aromatic heterocycles. The van der Waals surface area contributed by atoms with E-state index in [0.717, 1.165) is 25.1 Å². The normalized spacial score (nSPS) is 15.2. The molecule has 0 spiro atoms. The van der Waals surface area contributed by atoms with Gasteiger partial charge in [0, 0.05) is 23.5 Å². The maximum Gasteiger partial charge on any atom is 0.416 e. The van der Waals surface area contributed by atoms with E-state index in [0.29, 0.717) is 36.2 Å². The lowest BCUT2D eigenvalue weighted by Crippen LogP contribution is -2.48. The SMILES string of the molecule is CCCN1CN(c2cccc(C(F)(F)F)c2)c2nc(C)c(C)c(=O)n2C1. The number of hydrogen-bond acceptors (Lipinski definition) is 4. The molecule has 3 rings (SSSR count). The third-order valence-electron chi connectivity index (χ3n) is 4.57. The summed E-state index contributed by atoms with van der Waals surface area (Å²) in [6.07, 6.45) is -3.55. The van der Waals surface area contributed by atoms with Crippen LogP contribution in [0.3, 0.4) is 0 Å². The van der Waals surface area contributed by atoms with E-state index in [1.807, 2.05) is 11.8 Å². The summed E-state index contributed by atoms with van der Waals surface area (Å²) in [7, 11) is 0. The number of anilines is 2. The van der Waals surface area contributed by atoms with Crippen molar-refractivity contribution in [2.24, 2.45) is 0 Å². The third-order valence-corrected chi connectivity index (χ3v) is 4.57. The minimum absolute atomic E-state index is 0.162. The summed E-state index contributed by atoms with van der Waals surface area (Å²) in [5, 5.41) is 0. The first kappa shape index (κ1) is 18.4. The third kappa shape index (κ3) is 3.33. The van der Waals surface area contributed by atoms with Gasteiger partial charge < -0.3 is 0 Å². The van der Waals surface area contributed by atoms with Crippen LogP contribution in [0.25, 0.3) is 0 Å². The van der Waals surface area contributed by atoms with Gasteiger partial charge in [-0.25, -0.2) is 4.98 Å². The molecule has 0 aliphatic carbocycles. The maximum atomic E-state index is 13.1. The molecule has 0 saturated carbocycles. The fourth-order valence-corrected chi connectivity index (χ4v) is 3.09. The summed E-state index contributed by atoms with van der Waals surface area (Å²) in [6, 6.07) is 5.12. The smallest absolute Gasteiger partial charge is 0.298 e. The van der Waals surface area contributed by atoms with Crippen molar-refractivity contribution in [2.45, 2.75) is 40.0 Å². The zero-order valence-corrected chi connectivity index (χ0v) is 15.0. The van der Waals surface area contributed by atoms with Crippen molar-refractivity contribution in [3.8, 4) is 0 Å². The molecule has 0 radical (unpaired) electrons.